The van der Waals surface area contributed by atoms with Gasteiger partial charge in [0.05, 0.1) is 23.6 Å². The predicted molar refractivity (Wildman–Crippen MR) is 158 cm³/mol. The van der Waals surface area contributed by atoms with Gasteiger partial charge in [-0.1, -0.05) is 48.5 Å². The zero-order valence-corrected chi connectivity index (χ0v) is 24.2. The molecule has 0 spiro atoms. The van der Waals surface area contributed by atoms with Crippen molar-refractivity contribution in [3.8, 4) is 5.75 Å². The average molecular weight is 574 g/mol. The van der Waals surface area contributed by atoms with E-state index in [0.717, 1.165) is 5.56 Å². The lowest BCUT2D eigenvalue weighted by atomic mass is 9.91. The van der Waals surface area contributed by atoms with Gasteiger partial charge in [0.25, 0.3) is 0 Å². The zero-order valence-electron chi connectivity index (χ0n) is 23.4. The summed E-state index contributed by atoms with van der Waals surface area (Å²) in [6.07, 6.45) is 0. The van der Waals surface area contributed by atoms with E-state index in [9.17, 15) is 17.6 Å². The number of benzene rings is 4. The SMILES string of the molecule is COC(=O)c1ccc(C2c3c(OCc4ccccc4)cccc3N(c3ccc(F)c(C)c3)C2S(=O)(=O)C(C)C)cc1. The smallest absolute Gasteiger partial charge is 0.337 e. The van der Waals surface area contributed by atoms with Crippen LogP contribution in [0.4, 0.5) is 15.8 Å². The van der Waals surface area contributed by atoms with Gasteiger partial charge in [0.2, 0.25) is 0 Å². The number of anilines is 2. The van der Waals surface area contributed by atoms with Gasteiger partial charge in [0, 0.05) is 17.2 Å². The van der Waals surface area contributed by atoms with Crippen LogP contribution in [-0.2, 0) is 21.2 Å². The summed E-state index contributed by atoms with van der Waals surface area (Å²) in [7, 11) is -2.48. The number of carbonyl (C=O) groups is 1. The van der Waals surface area contributed by atoms with E-state index in [1.165, 1.54) is 13.2 Å². The Bertz CT molecular complexity index is 1670. The number of rotatable bonds is 8. The van der Waals surface area contributed by atoms with Crippen LogP contribution in [-0.4, -0.2) is 32.1 Å². The largest absolute Gasteiger partial charge is 0.489 e. The minimum absolute atomic E-state index is 0.294. The van der Waals surface area contributed by atoms with Crippen molar-refractivity contribution >= 4 is 27.2 Å². The van der Waals surface area contributed by atoms with Crippen LogP contribution in [0.25, 0.3) is 0 Å². The van der Waals surface area contributed by atoms with Crippen LogP contribution in [0.1, 0.15) is 52.4 Å². The van der Waals surface area contributed by atoms with E-state index < -0.39 is 32.3 Å². The molecule has 0 aliphatic carbocycles. The van der Waals surface area contributed by atoms with Gasteiger partial charge in [-0.15, -0.1) is 0 Å². The molecule has 0 aromatic heterocycles. The quantitative estimate of drug-likeness (QED) is 0.213. The van der Waals surface area contributed by atoms with Crippen LogP contribution in [0, 0.1) is 12.7 Å². The Morgan fingerprint density at radius 2 is 1.66 bits per heavy atom. The lowest BCUT2D eigenvalue weighted by Crippen LogP contribution is -2.42. The molecule has 2 unspecified atom stereocenters. The molecule has 1 aliphatic heterocycles. The zero-order chi connectivity index (χ0) is 29.3. The van der Waals surface area contributed by atoms with E-state index in [1.54, 1.807) is 62.1 Å². The van der Waals surface area contributed by atoms with Crippen molar-refractivity contribution in [1.29, 1.82) is 0 Å². The van der Waals surface area contributed by atoms with E-state index >= 15 is 0 Å². The van der Waals surface area contributed by atoms with E-state index in [0.29, 0.717) is 46.0 Å². The molecule has 6 nitrogen and oxygen atoms in total. The summed E-state index contributed by atoms with van der Waals surface area (Å²) in [5.74, 6) is -0.962. The molecule has 0 saturated carbocycles. The van der Waals surface area contributed by atoms with E-state index in [2.05, 4.69) is 0 Å². The van der Waals surface area contributed by atoms with Crippen LogP contribution >= 0.6 is 0 Å². The number of methoxy groups -OCH3 is 1. The molecule has 0 bridgehead atoms. The molecule has 1 aliphatic rings. The third kappa shape index (κ3) is 5.32. The first-order valence-electron chi connectivity index (χ1n) is 13.4. The van der Waals surface area contributed by atoms with Crippen LogP contribution in [0.15, 0.2) is 91.0 Å². The van der Waals surface area contributed by atoms with Gasteiger partial charge in [0.1, 0.15) is 23.5 Å². The number of ether oxygens (including phenoxy) is 2. The number of halogens is 1. The number of esters is 1. The van der Waals surface area contributed by atoms with Crippen molar-refractivity contribution in [2.75, 3.05) is 12.0 Å². The van der Waals surface area contributed by atoms with Crippen molar-refractivity contribution in [2.24, 2.45) is 0 Å². The molecule has 4 aromatic rings. The summed E-state index contributed by atoms with van der Waals surface area (Å²) >= 11 is 0. The van der Waals surface area contributed by atoms with Crippen molar-refractivity contribution in [1.82, 2.24) is 0 Å². The fraction of sp³-hybridized carbons (Fsp3) is 0.242. The summed E-state index contributed by atoms with van der Waals surface area (Å²) in [5.41, 5.74) is 4.38. The molecule has 41 heavy (non-hydrogen) atoms. The summed E-state index contributed by atoms with van der Waals surface area (Å²) < 4.78 is 54.0. The maximum atomic E-state index is 14.3. The number of sulfone groups is 1. The first-order chi connectivity index (χ1) is 19.6. The van der Waals surface area contributed by atoms with Crippen molar-refractivity contribution in [2.45, 2.75) is 43.9 Å². The highest BCUT2D eigenvalue weighted by Gasteiger charge is 2.50. The van der Waals surface area contributed by atoms with E-state index in [-0.39, 0.29) is 5.82 Å². The Morgan fingerprint density at radius 1 is 0.951 bits per heavy atom. The number of hydrogen-bond donors (Lipinski definition) is 0. The van der Waals surface area contributed by atoms with Crippen molar-refractivity contribution < 1.29 is 27.1 Å². The van der Waals surface area contributed by atoms with Gasteiger partial charge < -0.3 is 14.4 Å². The Hall–Kier alpha value is -4.17. The summed E-state index contributed by atoms with van der Waals surface area (Å²) in [6, 6.07) is 26.7. The van der Waals surface area contributed by atoms with Gasteiger partial charge in [-0.3, -0.25) is 0 Å². The van der Waals surface area contributed by atoms with Crippen LogP contribution in [0.2, 0.25) is 0 Å². The first-order valence-corrected chi connectivity index (χ1v) is 15.0. The predicted octanol–water partition coefficient (Wildman–Crippen LogP) is 6.93. The van der Waals surface area contributed by atoms with Gasteiger partial charge >= 0.3 is 5.97 Å². The lowest BCUT2D eigenvalue weighted by molar-refractivity contribution is 0.0600. The number of fused-ring (bicyclic) bond motifs is 1. The monoisotopic (exact) mass is 573 g/mol. The van der Waals surface area contributed by atoms with Gasteiger partial charge in [-0.05, 0) is 79.9 Å². The molecule has 2 atom stereocenters. The fourth-order valence-electron chi connectivity index (χ4n) is 5.30. The van der Waals surface area contributed by atoms with E-state index in [4.69, 9.17) is 9.47 Å². The normalized spacial score (nSPS) is 16.5. The standard InChI is InChI=1S/C33H32FNO5S/c1-21(2)41(37,38)32-30(24-13-15-25(16-14-24)33(36)39-4)31-28(35(32)26-17-18-27(34)22(3)19-26)11-8-12-29(31)40-20-23-9-6-5-7-10-23/h5-19,21,30,32H,20H2,1-4H3. The minimum Gasteiger partial charge on any atom is -0.489 e. The highest BCUT2D eigenvalue weighted by Crippen LogP contribution is 2.54. The summed E-state index contributed by atoms with van der Waals surface area (Å²) in [6.45, 7) is 5.28. The number of carbonyl (C=O) groups excluding carboxylic acids is 1. The van der Waals surface area contributed by atoms with E-state index in [1.807, 2.05) is 48.5 Å². The molecule has 0 N–H and O–H groups in total. The molecule has 5 rings (SSSR count). The number of nitrogens with zero attached hydrogens (tertiary/aromatic N) is 1. The second kappa shape index (κ2) is 11.4. The molecule has 0 amide bonds. The van der Waals surface area contributed by atoms with Crippen LogP contribution < -0.4 is 9.64 Å². The highest BCUT2D eigenvalue weighted by atomic mass is 32.2. The van der Waals surface area contributed by atoms with Gasteiger partial charge in [0.15, 0.2) is 9.84 Å². The molecule has 8 heteroatoms. The molecule has 4 aromatic carbocycles. The maximum Gasteiger partial charge on any atom is 0.337 e. The lowest BCUT2D eigenvalue weighted by Gasteiger charge is -2.32. The van der Waals surface area contributed by atoms with Crippen molar-refractivity contribution in [3.05, 3.63) is 125 Å². The third-order valence-corrected chi connectivity index (χ3v) is 9.97. The second-order valence-electron chi connectivity index (χ2n) is 10.4. The Labute approximate surface area is 240 Å². The molecular formula is C33H32FNO5S. The Kier molecular flexibility index (Phi) is 7.87. The number of hydrogen-bond acceptors (Lipinski definition) is 6. The third-order valence-electron chi connectivity index (χ3n) is 7.49. The van der Waals surface area contributed by atoms with Crippen LogP contribution in [0.3, 0.4) is 0 Å². The van der Waals surface area contributed by atoms with Gasteiger partial charge in [-0.2, -0.15) is 0 Å². The average Bonchev–Trinajstić information content (AvgIpc) is 3.34. The minimum atomic E-state index is -3.79. The first kappa shape index (κ1) is 28.4. The second-order valence-corrected chi connectivity index (χ2v) is 13.0. The molecule has 212 valence electrons. The topological polar surface area (TPSA) is 72.9 Å². The Morgan fingerprint density at radius 3 is 2.29 bits per heavy atom. The highest BCUT2D eigenvalue weighted by molar-refractivity contribution is 7.92. The summed E-state index contributed by atoms with van der Waals surface area (Å²) in [5, 5.41) is -1.75. The molecule has 0 saturated heterocycles. The number of aryl methyl sites for hydroxylation is 1. The maximum absolute atomic E-state index is 14.3. The van der Waals surface area contributed by atoms with Gasteiger partial charge in [-0.25, -0.2) is 17.6 Å². The Balaban J connectivity index is 1.74. The molecule has 1 heterocycles. The molecule has 0 fully saturated rings. The summed E-state index contributed by atoms with van der Waals surface area (Å²) in [4.78, 5) is 13.9. The van der Waals surface area contributed by atoms with Crippen LogP contribution in [0.5, 0.6) is 5.75 Å². The molecule has 0 radical (unpaired) electrons. The molecular weight excluding hydrogens is 541 g/mol. The fourth-order valence-corrected chi connectivity index (χ4v) is 7.06. The van der Waals surface area contributed by atoms with Crippen molar-refractivity contribution in [3.63, 3.8) is 0 Å².